The van der Waals surface area contributed by atoms with Crippen LogP contribution in [0.4, 0.5) is 0 Å². The van der Waals surface area contributed by atoms with Crippen molar-refractivity contribution in [3.63, 3.8) is 0 Å². The Labute approximate surface area is 89.6 Å². The van der Waals surface area contributed by atoms with Crippen LogP contribution >= 0.6 is 46.1 Å². The number of rotatable bonds is 2. The van der Waals surface area contributed by atoms with E-state index in [-0.39, 0.29) is 0 Å². The summed E-state index contributed by atoms with van der Waals surface area (Å²) < 4.78 is 2.97. The molecule has 1 nitrogen and oxygen atoms in total. The topological polar surface area (TPSA) is 12.0 Å². The van der Waals surface area contributed by atoms with Gasteiger partial charge in [-0.2, -0.15) is 0 Å². The third-order valence-corrected chi connectivity index (χ3v) is 2.39. The zero-order chi connectivity index (χ0) is 8.27. The monoisotopic (exact) mass is 301 g/mol. The molecule has 60 valence electrons. The van der Waals surface area contributed by atoms with Gasteiger partial charge in [0, 0.05) is 45.0 Å². The van der Waals surface area contributed by atoms with Crippen molar-refractivity contribution in [2.45, 2.75) is 6.54 Å². The van der Waals surface area contributed by atoms with E-state index in [1.807, 2.05) is 18.2 Å². The van der Waals surface area contributed by atoms with Crippen LogP contribution in [0.25, 0.3) is 0 Å². The fraction of sp³-hybridized carbons (Fsp3) is 0.143. The molecule has 0 atom stereocenters. The largest absolute Gasteiger partial charge is 0.257 e. The third kappa shape index (κ3) is 2.47. The van der Waals surface area contributed by atoms with Gasteiger partial charge >= 0.3 is 0 Å². The summed E-state index contributed by atoms with van der Waals surface area (Å²) in [6.07, 6.45) is 0. The van der Waals surface area contributed by atoms with E-state index < -0.39 is 0 Å². The lowest BCUT2D eigenvalue weighted by molar-refractivity contribution is 1.01. The highest BCUT2D eigenvalue weighted by atomic mass is 127. The molecule has 0 amide bonds. The van der Waals surface area contributed by atoms with Gasteiger partial charge in [-0.25, -0.2) is 0 Å². The molecule has 0 saturated heterocycles. The van der Waals surface area contributed by atoms with Crippen molar-refractivity contribution in [2.24, 2.45) is 0 Å². The highest BCUT2D eigenvalue weighted by Gasteiger charge is 2.02. The predicted molar refractivity (Wildman–Crippen MR) is 57.3 cm³/mol. The number of benzene rings is 1. The van der Waals surface area contributed by atoms with Gasteiger partial charge in [0.2, 0.25) is 0 Å². The molecule has 0 heterocycles. The molecule has 1 rings (SSSR count). The Bertz CT molecular complexity index is 232. The molecule has 0 spiro atoms. The summed E-state index contributed by atoms with van der Waals surface area (Å²) in [6.45, 7) is 0.694. The fourth-order valence-corrected chi connectivity index (χ4v) is 1.68. The van der Waals surface area contributed by atoms with E-state index in [1.54, 1.807) is 0 Å². The molecule has 4 heteroatoms. The van der Waals surface area contributed by atoms with E-state index in [4.69, 9.17) is 23.2 Å². The van der Waals surface area contributed by atoms with Crippen LogP contribution in [0.5, 0.6) is 0 Å². The predicted octanol–water partition coefficient (Wildman–Crippen LogP) is 3.43. The van der Waals surface area contributed by atoms with Crippen molar-refractivity contribution >= 4 is 46.1 Å². The number of halogens is 3. The molecule has 0 aliphatic rings. The third-order valence-electron chi connectivity index (χ3n) is 1.31. The molecule has 1 aromatic carbocycles. The van der Waals surface area contributed by atoms with E-state index >= 15 is 0 Å². The molecule has 0 fully saturated rings. The lowest BCUT2D eigenvalue weighted by atomic mass is 10.2. The molecule has 0 unspecified atom stereocenters. The van der Waals surface area contributed by atoms with E-state index in [9.17, 15) is 0 Å². The second-order valence-corrected chi connectivity index (χ2v) is 3.59. The second kappa shape index (κ2) is 4.50. The summed E-state index contributed by atoms with van der Waals surface area (Å²) in [4.78, 5) is 0. The molecule has 0 aromatic heterocycles. The van der Waals surface area contributed by atoms with E-state index in [1.165, 1.54) is 0 Å². The Kier molecular flexibility index (Phi) is 3.92. The van der Waals surface area contributed by atoms with Crippen LogP contribution in [0.1, 0.15) is 5.56 Å². The van der Waals surface area contributed by atoms with Gasteiger partial charge in [0.1, 0.15) is 0 Å². The minimum Gasteiger partial charge on any atom is -0.257 e. The Morgan fingerprint density at radius 3 is 2.27 bits per heavy atom. The zero-order valence-electron chi connectivity index (χ0n) is 5.57. The minimum atomic E-state index is 0.694. The standard InChI is InChI=1S/C7H6Cl2IN/c8-6-2-1-3-7(9)5(6)4-11-10/h1-3,11H,4H2. The zero-order valence-corrected chi connectivity index (χ0v) is 9.24. The van der Waals surface area contributed by atoms with Crippen molar-refractivity contribution in [1.29, 1.82) is 0 Å². The van der Waals surface area contributed by atoms with E-state index in [0.717, 1.165) is 5.56 Å². The minimum absolute atomic E-state index is 0.694. The maximum atomic E-state index is 5.88. The number of nitrogens with one attached hydrogen (secondary N) is 1. The summed E-state index contributed by atoms with van der Waals surface area (Å²) in [7, 11) is 0. The first-order chi connectivity index (χ1) is 5.25. The summed E-state index contributed by atoms with van der Waals surface area (Å²) in [6, 6.07) is 5.49. The first-order valence-electron chi connectivity index (χ1n) is 3.02. The summed E-state index contributed by atoms with van der Waals surface area (Å²) >= 11 is 13.8. The van der Waals surface area contributed by atoms with Crippen LogP contribution in [-0.4, -0.2) is 0 Å². The molecule has 1 aromatic rings. The Morgan fingerprint density at radius 1 is 1.27 bits per heavy atom. The average Bonchev–Trinajstić information content (AvgIpc) is 1.97. The maximum absolute atomic E-state index is 5.88. The van der Waals surface area contributed by atoms with Gasteiger partial charge in [-0.3, -0.25) is 3.53 Å². The summed E-state index contributed by atoms with van der Waals surface area (Å²) in [5.41, 5.74) is 0.949. The highest BCUT2D eigenvalue weighted by Crippen LogP contribution is 2.23. The maximum Gasteiger partial charge on any atom is 0.0466 e. The molecule has 0 radical (unpaired) electrons. The van der Waals surface area contributed by atoms with E-state index in [2.05, 4.69) is 26.4 Å². The molecule has 11 heavy (non-hydrogen) atoms. The highest BCUT2D eigenvalue weighted by molar-refractivity contribution is 14.1. The van der Waals surface area contributed by atoms with Gasteiger partial charge in [0.25, 0.3) is 0 Å². The van der Waals surface area contributed by atoms with Gasteiger partial charge < -0.3 is 0 Å². The second-order valence-electron chi connectivity index (χ2n) is 2.01. The van der Waals surface area contributed by atoms with Gasteiger partial charge in [-0.05, 0) is 12.1 Å². The quantitative estimate of drug-likeness (QED) is 0.652. The lowest BCUT2D eigenvalue weighted by Crippen LogP contribution is -1.98. The number of hydrogen-bond acceptors (Lipinski definition) is 1. The molecule has 0 saturated carbocycles. The first kappa shape index (κ1) is 9.58. The Hall–Kier alpha value is 0.490. The molecular formula is C7H6Cl2IN. The van der Waals surface area contributed by atoms with Crippen LogP contribution in [0.3, 0.4) is 0 Å². The number of hydrogen-bond donors (Lipinski definition) is 1. The van der Waals surface area contributed by atoms with Crippen LogP contribution in [0, 0.1) is 0 Å². The van der Waals surface area contributed by atoms with Gasteiger partial charge in [-0.1, -0.05) is 29.3 Å². The lowest BCUT2D eigenvalue weighted by Gasteiger charge is -2.03. The normalized spacial score (nSPS) is 10.1. The Morgan fingerprint density at radius 2 is 1.82 bits per heavy atom. The molecule has 0 aliphatic heterocycles. The molecule has 1 N–H and O–H groups in total. The van der Waals surface area contributed by atoms with Crippen LogP contribution < -0.4 is 3.53 Å². The van der Waals surface area contributed by atoms with Crippen molar-refractivity contribution in [2.75, 3.05) is 0 Å². The average molecular weight is 302 g/mol. The SMILES string of the molecule is Clc1cccc(Cl)c1CNI. The smallest absolute Gasteiger partial charge is 0.0466 e. The first-order valence-corrected chi connectivity index (χ1v) is 4.85. The summed E-state index contributed by atoms with van der Waals surface area (Å²) in [5.74, 6) is 0. The van der Waals surface area contributed by atoms with Crippen LogP contribution in [-0.2, 0) is 6.54 Å². The van der Waals surface area contributed by atoms with Gasteiger partial charge in [0.05, 0.1) is 0 Å². The molecule has 0 bridgehead atoms. The van der Waals surface area contributed by atoms with Crippen molar-refractivity contribution < 1.29 is 0 Å². The van der Waals surface area contributed by atoms with E-state index in [0.29, 0.717) is 16.6 Å². The van der Waals surface area contributed by atoms with Crippen LogP contribution in [0.15, 0.2) is 18.2 Å². The van der Waals surface area contributed by atoms with Crippen molar-refractivity contribution in [3.05, 3.63) is 33.8 Å². The molecule has 0 aliphatic carbocycles. The van der Waals surface area contributed by atoms with Crippen molar-refractivity contribution in [3.8, 4) is 0 Å². The molecular weight excluding hydrogens is 296 g/mol. The van der Waals surface area contributed by atoms with Crippen LogP contribution in [0.2, 0.25) is 10.0 Å². The van der Waals surface area contributed by atoms with Crippen molar-refractivity contribution in [1.82, 2.24) is 3.53 Å². The van der Waals surface area contributed by atoms with Gasteiger partial charge in [-0.15, -0.1) is 0 Å². The van der Waals surface area contributed by atoms with Gasteiger partial charge in [0.15, 0.2) is 0 Å². The Balaban J connectivity index is 3.00. The fourth-order valence-electron chi connectivity index (χ4n) is 0.768. The summed E-state index contributed by atoms with van der Waals surface area (Å²) in [5, 5.41) is 1.42.